The molecule has 245 valence electrons. The Morgan fingerprint density at radius 2 is 1.73 bits per heavy atom. The number of nitrogens with zero attached hydrogens (tertiary/aromatic N) is 7. The third-order valence-corrected chi connectivity index (χ3v) is 10.5. The van der Waals surface area contributed by atoms with E-state index in [1.165, 1.54) is 0 Å². The van der Waals surface area contributed by atoms with Crippen LogP contribution in [0.15, 0.2) is 79.4 Å². The average Bonchev–Trinajstić information content (AvgIpc) is 3.55. The molecule has 0 atom stereocenters. The zero-order valence-corrected chi connectivity index (χ0v) is 28.3. The number of imidazole rings is 1. The number of nitrogens with one attached hydrogen (secondary N) is 1. The molecule has 11 nitrogen and oxygen atoms in total. The zero-order chi connectivity index (χ0) is 32.9. The predicted octanol–water partition coefficient (Wildman–Crippen LogP) is 5.66. The summed E-state index contributed by atoms with van der Waals surface area (Å²) in [5.74, 6) is 1.77. The van der Waals surface area contributed by atoms with Gasteiger partial charge in [0.1, 0.15) is 17.6 Å². The predicted molar refractivity (Wildman–Crippen MR) is 188 cm³/mol. The highest BCUT2D eigenvalue weighted by Crippen LogP contribution is 2.34. The number of benzene rings is 3. The molecule has 12 heteroatoms. The summed E-state index contributed by atoms with van der Waals surface area (Å²) in [5.41, 5.74) is 6.17. The normalized spacial score (nSPS) is 15.8. The molecule has 5 aromatic rings. The van der Waals surface area contributed by atoms with E-state index in [1.54, 1.807) is 25.6 Å². The van der Waals surface area contributed by atoms with Gasteiger partial charge in [-0.25, -0.2) is 15.0 Å². The van der Waals surface area contributed by atoms with E-state index < -0.39 is 9.04 Å². The quantitative estimate of drug-likeness (QED) is 0.189. The van der Waals surface area contributed by atoms with E-state index in [0.717, 1.165) is 91.5 Å². The third kappa shape index (κ3) is 6.99. The number of ether oxygens (including phenoxy) is 2. The summed E-state index contributed by atoms with van der Waals surface area (Å²) in [6.07, 6.45) is 8.39. The van der Waals surface area contributed by atoms with Crippen molar-refractivity contribution >= 4 is 37.4 Å². The Balaban J connectivity index is 0.997. The van der Waals surface area contributed by atoms with E-state index in [0.29, 0.717) is 29.5 Å². The van der Waals surface area contributed by atoms with Gasteiger partial charge in [-0.05, 0) is 61.4 Å². The molecule has 2 aromatic heterocycles. The van der Waals surface area contributed by atoms with E-state index >= 15 is 0 Å². The Morgan fingerprint density at radius 1 is 0.938 bits per heavy atom. The van der Waals surface area contributed by atoms with Gasteiger partial charge in [0.05, 0.1) is 55.1 Å². The molecule has 0 spiro atoms. The molecule has 48 heavy (non-hydrogen) atoms. The number of rotatable bonds is 10. The molecule has 0 amide bonds. The van der Waals surface area contributed by atoms with Gasteiger partial charge in [0, 0.05) is 61.9 Å². The van der Waals surface area contributed by atoms with Crippen molar-refractivity contribution in [2.24, 2.45) is 0 Å². The van der Waals surface area contributed by atoms with Crippen LogP contribution in [0.3, 0.4) is 0 Å². The van der Waals surface area contributed by atoms with Crippen LogP contribution >= 0.6 is 0 Å². The standard InChI is InChI=1S/C36H39N8O3Si/c1-45-35-20-30(42-13-11-29(12-14-42)43-15-17-46-18-16-43)9-10-32(35)41-36-38-22-28(23-39-36)26-7-8-27(21-37)34(19-26)47-48(2)25-44-24-40-31-5-3-4-6-33(31)44/h3-10,19-20,22-24,29H,11-18,25H2,1-2H3,(H,38,39,41). The van der Waals surface area contributed by atoms with E-state index in [1.807, 2.05) is 42.7 Å². The molecule has 2 aliphatic heterocycles. The van der Waals surface area contributed by atoms with Crippen LogP contribution in [-0.2, 0) is 10.9 Å². The maximum absolute atomic E-state index is 9.78. The highest BCUT2D eigenvalue weighted by atomic mass is 28.3. The van der Waals surface area contributed by atoms with Gasteiger partial charge >= 0.3 is 0 Å². The van der Waals surface area contributed by atoms with Crippen molar-refractivity contribution in [1.82, 2.24) is 24.4 Å². The number of hydrogen-bond donors (Lipinski definition) is 1. The van der Waals surface area contributed by atoms with Gasteiger partial charge in [-0.15, -0.1) is 0 Å². The van der Waals surface area contributed by atoms with Gasteiger partial charge in [-0.2, -0.15) is 5.26 Å². The second kappa shape index (κ2) is 14.4. The number of piperidine rings is 1. The molecule has 2 fully saturated rings. The van der Waals surface area contributed by atoms with E-state index in [4.69, 9.17) is 13.9 Å². The molecule has 1 N–H and O–H groups in total. The molecule has 0 aliphatic carbocycles. The molecule has 0 bridgehead atoms. The summed E-state index contributed by atoms with van der Waals surface area (Å²) in [5, 5.41) is 13.1. The first kappa shape index (κ1) is 31.6. The maximum atomic E-state index is 9.78. The first-order chi connectivity index (χ1) is 23.6. The lowest BCUT2D eigenvalue weighted by atomic mass is 10.0. The third-order valence-electron chi connectivity index (χ3n) is 9.12. The Bertz CT molecular complexity index is 1900. The summed E-state index contributed by atoms with van der Waals surface area (Å²) < 4.78 is 19.8. The minimum absolute atomic E-state index is 0.466. The number of morpholine rings is 1. The Hall–Kier alpha value is -4.96. The highest BCUT2D eigenvalue weighted by Gasteiger charge is 2.26. The van der Waals surface area contributed by atoms with Crippen LogP contribution in [0.2, 0.25) is 6.55 Å². The van der Waals surface area contributed by atoms with Crippen LogP contribution in [-0.4, -0.2) is 86.0 Å². The highest BCUT2D eigenvalue weighted by molar-refractivity contribution is 6.49. The lowest BCUT2D eigenvalue weighted by Gasteiger charge is -2.40. The molecule has 0 saturated carbocycles. The van der Waals surface area contributed by atoms with Gasteiger partial charge in [0.15, 0.2) is 0 Å². The van der Waals surface area contributed by atoms with Crippen LogP contribution in [0, 0.1) is 11.3 Å². The Labute approximate surface area is 282 Å². The molecule has 3 aromatic carbocycles. The molecule has 2 aliphatic rings. The van der Waals surface area contributed by atoms with Gasteiger partial charge in [-0.3, -0.25) is 4.90 Å². The number of anilines is 3. The molecule has 7 rings (SSSR count). The smallest absolute Gasteiger partial charge is 0.298 e. The minimum atomic E-state index is -1.34. The summed E-state index contributed by atoms with van der Waals surface area (Å²) in [6, 6.07) is 22.8. The Kier molecular flexibility index (Phi) is 9.51. The summed E-state index contributed by atoms with van der Waals surface area (Å²) in [7, 11) is 0.345. The van der Waals surface area contributed by atoms with Gasteiger partial charge < -0.3 is 28.7 Å². The molecule has 2 saturated heterocycles. The van der Waals surface area contributed by atoms with Crippen LogP contribution in [0.25, 0.3) is 22.2 Å². The zero-order valence-electron chi connectivity index (χ0n) is 27.3. The van der Waals surface area contributed by atoms with Crippen molar-refractivity contribution in [3.05, 3.63) is 84.9 Å². The van der Waals surface area contributed by atoms with E-state index in [-0.39, 0.29) is 0 Å². The maximum Gasteiger partial charge on any atom is 0.298 e. The number of hydrogen-bond acceptors (Lipinski definition) is 10. The first-order valence-electron chi connectivity index (χ1n) is 16.4. The molecule has 0 unspecified atom stereocenters. The minimum Gasteiger partial charge on any atom is -0.540 e. The largest absolute Gasteiger partial charge is 0.540 e. The summed E-state index contributed by atoms with van der Waals surface area (Å²) in [4.78, 5) is 18.7. The molecule has 1 radical (unpaired) electrons. The van der Waals surface area contributed by atoms with Gasteiger partial charge in [0.2, 0.25) is 5.95 Å². The van der Waals surface area contributed by atoms with Crippen molar-refractivity contribution in [2.45, 2.75) is 31.6 Å². The molecule has 4 heterocycles. The summed E-state index contributed by atoms with van der Waals surface area (Å²) in [6.45, 7) is 7.89. The van der Waals surface area contributed by atoms with Gasteiger partial charge in [-0.1, -0.05) is 18.2 Å². The van der Waals surface area contributed by atoms with Crippen molar-refractivity contribution in [3.8, 4) is 28.7 Å². The second-order valence-electron chi connectivity index (χ2n) is 12.2. The van der Waals surface area contributed by atoms with Crippen LogP contribution in [0.1, 0.15) is 18.4 Å². The average molecular weight is 660 g/mol. The van der Waals surface area contributed by atoms with Gasteiger partial charge in [0.25, 0.3) is 9.04 Å². The SMILES string of the molecule is COc1cc(N2CCC(N3CCOCC3)CC2)ccc1Nc1ncc(-c2ccc(C#N)c(O[Si](C)Cn3cnc4ccccc43)c2)cn1. The summed E-state index contributed by atoms with van der Waals surface area (Å²) >= 11 is 0. The Morgan fingerprint density at radius 3 is 2.50 bits per heavy atom. The lowest BCUT2D eigenvalue weighted by Crippen LogP contribution is -2.49. The van der Waals surface area contributed by atoms with E-state index in [2.05, 4.69) is 65.5 Å². The monoisotopic (exact) mass is 659 g/mol. The number of aromatic nitrogens is 4. The van der Waals surface area contributed by atoms with Crippen LogP contribution in [0.4, 0.5) is 17.3 Å². The fourth-order valence-electron chi connectivity index (χ4n) is 6.55. The second-order valence-corrected chi connectivity index (χ2v) is 14.1. The van der Waals surface area contributed by atoms with Crippen molar-refractivity contribution < 1.29 is 13.9 Å². The van der Waals surface area contributed by atoms with Crippen LogP contribution < -0.4 is 19.4 Å². The fourth-order valence-corrected chi connectivity index (χ4v) is 7.89. The number of methoxy groups -OCH3 is 1. The lowest BCUT2D eigenvalue weighted by molar-refractivity contribution is 0.0115. The topological polar surface area (TPSA) is 114 Å². The number of nitriles is 1. The van der Waals surface area contributed by atoms with Crippen molar-refractivity contribution in [3.63, 3.8) is 0 Å². The number of fused-ring (bicyclic) bond motifs is 1. The fraction of sp³-hybridized carbons (Fsp3) is 0.333. The van der Waals surface area contributed by atoms with Crippen LogP contribution in [0.5, 0.6) is 11.5 Å². The molecular formula is C36H39N8O3Si. The number of para-hydroxylation sites is 2. The van der Waals surface area contributed by atoms with Crippen molar-refractivity contribution in [2.75, 3.05) is 56.7 Å². The molecular weight excluding hydrogens is 621 g/mol. The van der Waals surface area contributed by atoms with Crippen molar-refractivity contribution in [1.29, 1.82) is 5.26 Å². The van der Waals surface area contributed by atoms with E-state index in [9.17, 15) is 5.26 Å². The first-order valence-corrected chi connectivity index (χ1v) is 18.5.